The first-order valence-corrected chi connectivity index (χ1v) is 10.7. The molecule has 6 nitrogen and oxygen atoms in total. The van der Waals surface area contributed by atoms with Crippen molar-refractivity contribution in [2.45, 2.75) is 58.3 Å². The van der Waals surface area contributed by atoms with Crippen molar-refractivity contribution in [2.75, 3.05) is 37.7 Å². The Kier molecular flexibility index (Phi) is 7.43. The SMILES string of the molecule is CCOC(=O)CCCCCCN1CCC2(CCN(c3ccncc3)C(=O)C2)C1. The van der Waals surface area contributed by atoms with E-state index in [1.165, 1.54) is 0 Å². The lowest BCUT2D eigenvalue weighted by Crippen LogP contribution is -2.45. The number of piperidine rings is 1. The second kappa shape index (κ2) is 10.0. The van der Waals surface area contributed by atoms with E-state index in [0.717, 1.165) is 70.4 Å². The van der Waals surface area contributed by atoms with E-state index in [-0.39, 0.29) is 17.3 Å². The van der Waals surface area contributed by atoms with Gasteiger partial charge in [0.2, 0.25) is 5.91 Å². The summed E-state index contributed by atoms with van der Waals surface area (Å²) in [6.45, 7) is 6.38. The second-order valence-corrected chi connectivity index (χ2v) is 8.17. The van der Waals surface area contributed by atoms with E-state index in [9.17, 15) is 9.59 Å². The van der Waals surface area contributed by atoms with E-state index in [1.54, 1.807) is 12.4 Å². The van der Waals surface area contributed by atoms with Gasteiger partial charge in [0.15, 0.2) is 0 Å². The first kappa shape index (κ1) is 20.8. The quantitative estimate of drug-likeness (QED) is 0.480. The molecule has 1 amide bonds. The molecule has 0 bridgehead atoms. The molecule has 1 spiro atoms. The zero-order valence-electron chi connectivity index (χ0n) is 17.1. The fourth-order valence-corrected chi connectivity index (χ4v) is 4.53. The zero-order valence-corrected chi connectivity index (χ0v) is 17.1. The van der Waals surface area contributed by atoms with Gasteiger partial charge in [-0.2, -0.15) is 0 Å². The summed E-state index contributed by atoms with van der Waals surface area (Å²) in [5, 5.41) is 0. The number of hydrogen-bond donors (Lipinski definition) is 0. The minimum Gasteiger partial charge on any atom is -0.466 e. The number of aromatic nitrogens is 1. The molecule has 6 heteroatoms. The lowest BCUT2D eigenvalue weighted by molar-refractivity contribution is -0.143. The van der Waals surface area contributed by atoms with Crippen molar-refractivity contribution in [1.29, 1.82) is 0 Å². The number of nitrogens with zero attached hydrogens (tertiary/aromatic N) is 3. The summed E-state index contributed by atoms with van der Waals surface area (Å²) < 4.78 is 4.96. The third kappa shape index (κ3) is 5.53. The number of pyridine rings is 1. The van der Waals surface area contributed by atoms with Crippen LogP contribution in [0.1, 0.15) is 58.3 Å². The summed E-state index contributed by atoms with van der Waals surface area (Å²) in [5.74, 6) is 0.171. The first-order valence-electron chi connectivity index (χ1n) is 10.7. The van der Waals surface area contributed by atoms with Crippen molar-refractivity contribution in [2.24, 2.45) is 5.41 Å². The molecule has 1 unspecified atom stereocenters. The number of carbonyl (C=O) groups excluding carboxylic acids is 2. The van der Waals surface area contributed by atoms with Gasteiger partial charge in [-0.05, 0) is 63.2 Å². The predicted octanol–water partition coefficient (Wildman–Crippen LogP) is 3.41. The maximum absolute atomic E-state index is 12.7. The number of unbranched alkanes of at least 4 members (excludes halogenated alkanes) is 3. The average Bonchev–Trinajstić information content (AvgIpc) is 3.07. The van der Waals surface area contributed by atoms with Crippen LogP contribution in [0.25, 0.3) is 0 Å². The number of ether oxygens (including phenoxy) is 1. The third-order valence-electron chi connectivity index (χ3n) is 6.10. The molecular weight excluding hydrogens is 354 g/mol. The molecule has 0 N–H and O–H groups in total. The van der Waals surface area contributed by atoms with Crippen LogP contribution in [-0.4, -0.2) is 54.5 Å². The van der Waals surface area contributed by atoms with E-state index in [1.807, 2.05) is 24.0 Å². The van der Waals surface area contributed by atoms with Gasteiger partial charge in [0.1, 0.15) is 0 Å². The first-order chi connectivity index (χ1) is 13.6. The van der Waals surface area contributed by atoms with Gasteiger partial charge in [0, 0.05) is 44.0 Å². The van der Waals surface area contributed by atoms with Gasteiger partial charge in [-0.1, -0.05) is 12.8 Å². The Morgan fingerprint density at radius 2 is 1.89 bits per heavy atom. The summed E-state index contributed by atoms with van der Waals surface area (Å²) in [6, 6.07) is 3.83. The molecule has 2 fully saturated rings. The molecule has 2 aliphatic heterocycles. The highest BCUT2D eigenvalue weighted by atomic mass is 16.5. The van der Waals surface area contributed by atoms with Crippen LogP contribution < -0.4 is 4.90 Å². The third-order valence-corrected chi connectivity index (χ3v) is 6.10. The number of amides is 1. The van der Waals surface area contributed by atoms with Crippen LogP contribution in [0.3, 0.4) is 0 Å². The zero-order chi connectivity index (χ0) is 19.8. The number of anilines is 1. The van der Waals surface area contributed by atoms with Gasteiger partial charge in [0.05, 0.1) is 6.61 Å². The average molecular weight is 388 g/mol. The molecule has 3 heterocycles. The standard InChI is InChI=1S/C22H33N3O3/c1-2-28-21(27)7-5-3-4-6-14-24-15-10-22(18-24)11-16-25(20(26)17-22)19-8-12-23-13-9-19/h8-9,12-13H,2-7,10-11,14-18H2,1H3. The number of likely N-dealkylation sites (tertiary alicyclic amines) is 1. The topological polar surface area (TPSA) is 62.7 Å². The van der Waals surface area contributed by atoms with E-state index in [4.69, 9.17) is 4.74 Å². The Hall–Kier alpha value is -1.95. The molecule has 2 aliphatic rings. The summed E-state index contributed by atoms with van der Waals surface area (Å²) in [5.41, 5.74) is 1.14. The molecule has 0 radical (unpaired) electrons. The fourth-order valence-electron chi connectivity index (χ4n) is 4.53. The minimum atomic E-state index is -0.0771. The Morgan fingerprint density at radius 1 is 1.14 bits per heavy atom. The van der Waals surface area contributed by atoms with Gasteiger partial charge in [-0.3, -0.25) is 14.6 Å². The Balaban J connectivity index is 1.35. The smallest absolute Gasteiger partial charge is 0.305 e. The highest BCUT2D eigenvalue weighted by Crippen LogP contribution is 2.41. The normalized spacial score (nSPS) is 22.8. The fraction of sp³-hybridized carbons (Fsp3) is 0.682. The molecular formula is C22H33N3O3. The van der Waals surface area contributed by atoms with Gasteiger partial charge >= 0.3 is 5.97 Å². The molecule has 1 aromatic rings. The van der Waals surface area contributed by atoms with Crippen LogP contribution >= 0.6 is 0 Å². The van der Waals surface area contributed by atoms with E-state index in [0.29, 0.717) is 19.4 Å². The Bertz CT molecular complexity index is 652. The van der Waals surface area contributed by atoms with Gasteiger partial charge in [-0.15, -0.1) is 0 Å². The van der Waals surface area contributed by atoms with Crippen molar-refractivity contribution < 1.29 is 14.3 Å². The highest BCUT2D eigenvalue weighted by Gasteiger charge is 2.43. The Morgan fingerprint density at radius 3 is 2.64 bits per heavy atom. The summed E-state index contributed by atoms with van der Waals surface area (Å²) >= 11 is 0. The van der Waals surface area contributed by atoms with Crippen molar-refractivity contribution in [3.63, 3.8) is 0 Å². The highest BCUT2D eigenvalue weighted by molar-refractivity contribution is 5.94. The van der Waals surface area contributed by atoms with Crippen LogP contribution in [-0.2, 0) is 14.3 Å². The monoisotopic (exact) mass is 387 g/mol. The van der Waals surface area contributed by atoms with Crippen LogP contribution in [0.4, 0.5) is 5.69 Å². The van der Waals surface area contributed by atoms with E-state index >= 15 is 0 Å². The summed E-state index contributed by atoms with van der Waals surface area (Å²) in [4.78, 5) is 32.6. The van der Waals surface area contributed by atoms with Gasteiger partial charge < -0.3 is 14.5 Å². The van der Waals surface area contributed by atoms with Crippen molar-refractivity contribution in [3.8, 4) is 0 Å². The molecule has 1 atom stereocenters. The van der Waals surface area contributed by atoms with Crippen LogP contribution in [0, 0.1) is 5.41 Å². The number of rotatable bonds is 9. The summed E-state index contributed by atoms with van der Waals surface area (Å²) in [6.07, 6.45) is 11.2. The van der Waals surface area contributed by atoms with Crippen molar-refractivity contribution in [1.82, 2.24) is 9.88 Å². The summed E-state index contributed by atoms with van der Waals surface area (Å²) in [7, 11) is 0. The maximum Gasteiger partial charge on any atom is 0.305 e. The minimum absolute atomic E-state index is 0.0771. The molecule has 28 heavy (non-hydrogen) atoms. The number of esters is 1. The largest absolute Gasteiger partial charge is 0.466 e. The van der Waals surface area contributed by atoms with Crippen LogP contribution in [0.5, 0.6) is 0 Å². The molecule has 0 aliphatic carbocycles. The lowest BCUT2D eigenvalue weighted by atomic mass is 9.77. The van der Waals surface area contributed by atoms with Crippen LogP contribution in [0.2, 0.25) is 0 Å². The maximum atomic E-state index is 12.7. The van der Waals surface area contributed by atoms with E-state index < -0.39 is 0 Å². The Labute approximate surface area is 168 Å². The van der Waals surface area contributed by atoms with Gasteiger partial charge in [-0.25, -0.2) is 0 Å². The van der Waals surface area contributed by atoms with E-state index in [2.05, 4.69) is 9.88 Å². The van der Waals surface area contributed by atoms with Crippen molar-refractivity contribution >= 4 is 17.6 Å². The molecule has 0 saturated carbocycles. The second-order valence-electron chi connectivity index (χ2n) is 8.17. The molecule has 1 aromatic heterocycles. The molecule has 0 aromatic carbocycles. The molecule has 154 valence electrons. The van der Waals surface area contributed by atoms with Crippen molar-refractivity contribution in [3.05, 3.63) is 24.5 Å². The number of hydrogen-bond acceptors (Lipinski definition) is 5. The lowest BCUT2D eigenvalue weighted by Gasteiger charge is -2.38. The molecule has 3 rings (SSSR count). The predicted molar refractivity (Wildman–Crippen MR) is 109 cm³/mol. The van der Waals surface area contributed by atoms with Crippen LogP contribution in [0.15, 0.2) is 24.5 Å². The number of carbonyl (C=O) groups is 2. The molecule has 2 saturated heterocycles. The van der Waals surface area contributed by atoms with Gasteiger partial charge in [0.25, 0.3) is 0 Å².